The quantitative estimate of drug-likeness (QED) is 0.245. The van der Waals surface area contributed by atoms with Crippen LogP contribution in [0.4, 0.5) is 0 Å². The number of hydrogen-bond donors (Lipinski definition) is 1. The van der Waals surface area contributed by atoms with Gasteiger partial charge in [-0.2, -0.15) is 8.61 Å². The topological polar surface area (TPSA) is 104 Å². The number of carbonyl (C=O) groups is 1. The first-order valence-corrected chi connectivity index (χ1v) is 18.5. The van der Waals surface area contributed by atoms with Crippen LogP contribution in [0.1, 0.15) is 66.9 Å². The highest BCUT2D eigenvalue weighted by Crippen LogP contribution is 2.32. The highest BCUT2D eigenvalue weighted by Gasteiger charge is 2.34. The van der Waals surface area contributed by atoms with Crippen LogP contribution in [0.3, 0.4) is 0 Å². The lowest BCUT2D eigenvalue weighted by atomic mass is 9.98. The van der Waals surface area contributed by atoms with Crippen molar-refractivity contribution in [3.8, 4) is 0 Å². The predicted molar refractivity (Wildman–Crippen MR) is 173 cm³/mol. The summed E-state index contributed by atoms with van der Waals surface area (Å²) < 4.78 is 59.1. The van der Waals surface area contributed by atoms with Crippen molar-refractivity contribution < 1.29 is 21.6 Å². The van der Waals surface area contributed by atoms with Crippen LogP contribution >= 0.6 is 11.6 Å². The van der Waals surface area contributed by atoms with Crippen LogP contribution in [0.2, 0.25) is 5.02 Å². The summed E-state index contributed by atoms with van der Waals surface area (Å²) in [6, 6.07) is 19.7. The van der Waals surface area contributed by atoms with Gasteiger partial charge in [0.1, 0.15) is 0 Å². The summed E-state index contributed by atoms with van der Waals surface area (Å²) in [4.78, 5) is 11.9. The second-order valence-electron chi connectivity index (χ2n) is 11.8. The Hall–Kier alpha value is -2.60. The second-order valence-corrected chi connectivity index (χ2v) is 16.1. The molecule has 1 saturated heterocycles. The van der Waals surface area contributed by atoms with Crippen molar-refractivity contribution in [2.75, 3.05) is 19.6 Å². The number of benzene rings is 3. The Morgan fingerprint density at radius 2 is 1.27 bits per heavy atom. The number of piperidine rings is 1. The molecule has 8 nitrogen and oxygen atoms in total. The molecule has 0 atom stereocenters. The molecule has 2 fully saturated rings. The van der Waals surface area contributed by atoms with Crippen LogP contribution < -0.4 is 5.32 Å². The summed E-state index contributed by atoms with van der Waals surface area (Å²) in [5.41, 5.74) is 2.19. The second kappa shape index (κ2) is 14.2. The van der Waals surface area contributed by atoms with E-state index in [1.165, 1.54) is 35.5 Å². The largest absolute Gasteiger partial charge is 0.317 e. The molecule has 0 amide bonds. The normalized spacial score (nSPS) is 17.0. The van der Waals surface area contributed by atoms with E-state index in [1.54, 1.807) is 40.7 Å². The van der Waals surface area contributed by atoms with Crippen molar-refractivity contribution in [1.29, 1.82) is 0 Å². The molecule has 11 heteroatoms. The molecule has 236 valence electrons. The van der Waals surface area contributed by atoms with E-state index in [1.807, 2.05) is 12.1 Å². The summed E-state index contributed by atoms with van der Waals surface area (Å²) in [5.74, 6) is 0.153. The first-order valence-electron chi connectivity index (χ1n) is 15.2. The Kier molecular flexibility index (Phi) is 10.6. The van der Waals surface area contributed by atoms with Crippen LogP contribution in [0, 0.1) is 5.92 Å². The number of sulfonamides is 2. The summed E-state index contributed by atoms with van der Waals surface area (Å²) in [7, 11) is -7.85. The van der Waals surface area contributed by atoms with Gasteiger partial charge in [-0.25, -0.2) is 16.8 Å². The number of rotatable bonds is 12. The predicted octanol–water partition coefficient (Wildman–Crippen LogP) is 5.87. The van der Waals surface area contributed by atoms with Crippen LogP contribution in [0.15, 0.2) is 82.6 Å². The molecular weight excluding hydrogens is 618 g/mol. The molecule has 1 aliphatic heterocycles. The van der Waals surface area contributed by atoms with Gasteiger partial charge in [-0.1, -0.05) is 60.8 Å². The Morgan fingerprint density at radius 3 is 1.84 bits per heavy atom. The van der Waals surface area contributed by atoms with Crippen molar-refractivity contribution in [2.24, 2.45) is 5.92 Å². The van der Waals surface area contributed by atoms with Crippen molar-refractivity contribution >= 4 is 37.4 Å². The van der Waals surface area contributed by atoms with Crippen molar-refractivity contribution in [3.05, 3.63) is 94.5 Å². The van der Waals surface area contributed by atoms with Gasteiger partial charge in [0, 0.05) is 36.3 Å². The average Bonchev–Trinajstić information content (AvgIpc) is 3.56. The van der Waals surface area contributed by atoms with Gasteiger partial charge < -0.3 is 5.32 Å². The van der Waals surface area contributed by atoms with Gasteiger partial charge in [0.15, 0.2) is 5.78 Å². The first-order chi connectivity index (χ1) is 21.0. The van der Waals surface area contributed by atoms with E-state index in [9.17, 15) is 21.6 Å². The van der Waals surface area contributed by atoms with Crippen molar-refractivity contribution in [1.82, 2.24) is 13.9 Å². The van der Waals surface area contributed by atoms with E-state index < -0.39 is 20.0 Å². The highest BCUT2D eigenvalue weighted by molar-refractivity contribution is 7.89. The standard InChI is InChI=1S/C33H40ClN3O5S2/c1-25(38)29-10-6-26(7-11-29)22-36(23-28-18-20-35-21-19-28)43(39,40)32-14-16-33(17-15-32)44(41,42)37(31-4-2-3-5-31)24-27-8-12-30(34)13-9-27/h6-17,28,31,35H,2-5,18-24H2,1H3. The summed E-state index contributed by atoms with van der Waals surface area (Å²) in [6.45, 7) is 3.90. The van der Waals surface area contributed by atoms with E-state index in [0.29, 0.717) is 17.1 Å². The number of hydrogen-bond acceptors (Lipinski definition) is 6. The van der Waals surface area contributed by atoms with E-state index in [-0.39, 0.29) is 40.6 Å². The maximum absolute atomic E-state index is 14.0. The molecule has 1 aliphatic carbocycles. The average molecular weight is 658 g/mol. The number of nitrogens with one attached hydrogen (secondary N) is 1. The molecule has 0 bridgehead atoms. The molecule has 2 aliphatic rings. The number of halogens is 1. The molecule has 1 saturated carbocycles. The lowest BCUT2D eigenvalue weighted by molar-refractivity contribution is 0.101. The smallest absolute Gasteiger partial charge is 0.243 e. The fourth-order valence-electron chi connectivity index (χ4n) is 6.09. The van der Waals surface area contributed by atoms with Crippen LogP contribution in [0.25, 0.3) is 0 Å². The Labute approximate surface area is 266 Å². The lowest BCUT2D eigenvalue weighted by Crippen LogP contribution is -2.39. The molecule has 3 aromatic carbocycles. The zero-order valence-corrected chi connectivity index (χ0v) is 27.4. The molecule has 5 rings (SSSR count). The van der Waals surface area contributed by atoms with Gasteiger partial charge in [0.05, 0.1) is 9.79 Å². The number of Topliss-reactive ketones (excluding diaryl/α,β-unsaturated/α-hetero) is 1. The van der Waals surface area contributed by atoms with Crippen LogP contribution in [-0.2, 0) is 33.1 Å². The third-order valence-corrected chi connectivity index (χ3v) is 12.7. The summed E-state index contributed by atoms with van der Waals surface area (Å²) in [6.07, 6.45) is 5.27. The Bertz CT molecular complexity index is 1630. The van der Waals surface area contributed by atoms with E-state index in [2.05, 4.69) is 5.32 Å². The van der Waals surface area contributed by atoms with Crippen molar-refractivity contribution in [3.63, 3.8) is 0 Å². The SMILES string of the molecule is CC(=O)c1ccc(CN(CC2CCNCC2)S(=O)(=O)c2ccc(S(=O)(=O)N(Cc3ccc(Cl)cc3)C3CCCC3)cc2)cc1. The first kappa shape index (κ1) is 32.8. The molecule has 0 radical (unpaired) electrons. The molecule has 0 spiro atoms. The minimum atomic E-state index is -3.95. The zero-order chi connectivity index (χ0) is 31.3. The Balaban J connectivity index is 1.41. The Morgan fingerprint density at radius 1 is 0.750 bits per heavy atom. The van der Waals surface area contributed by atoms with E-state index >= 15 is 0 Å². The van der Waals surface area contributed by atoms with Gasteiger partial charge in [-0.15, -0.1) is 0 Å². The van der Waals surface area contributed by atoms with Crippen LogP contribution in [-0.4, -0.2) is 56.9 Å². The maximum atomic E-state index is 14.0. The molecule has 3 aromatic rings. The van der Waals surface area contributed by atoms with Gasteiger partial charge >= 0.3 is 0 Å². The van der Waals surface area contributed by atoms with Crippen LogP contribution in [0.5, 0.6) is 0 Å². The lowest BCUT2D eigenvalue weighted by Gasteiger charge is -2.30. The third kappa shape index (κ3) is 7.78. The van der Waals surface area contributed by atoms with Gasteiger partial charge in [-0.05, 0) is 99.1 Å². The summed E-state index contributed by atoms with van der Waals surface area (Å²) >= 11 is 6.05. The van der Waals surface area contributed by atoms with Gasteiger partial charge in [-0.3, -0.25) is 4.79 Å². The number of ketones is 1. The minimum absolute atomic E-state index is 0.0505. The summed E-state index contributed by atoms with van der Waals surface area (Å²) in [5, 5.41) is 3.91. The third-order valence-electron chi connectivity index (χ3n) is 8.69. The maximum Gasteiger partial charge on any atom is 0.243 e. The van der Waals surface area contributed by atoms with E-state index in [0.717, 1.165) is 62.7 Å². The molecule has 1 N–H and O–H groups in total. The minimum Gasteiger partial charge on any atom is -0.317 e. The zero-order valence-electron chi connectivity index (χ0n) is 25.0. The highest BCUT2D eigenvalue weighted by atomic mass is 35.5. The molecular formula is C33H40ClN3O5S2. The molecule has 0 aromatic heterocycles. The van der Waals surface area contributed by atoms with E-state index in [4.69, 9.17) is 11.6 Å². The molecule has 1 heterocycles. The monoisotopic (exact) mass is 657 g/mol. The number of carbonyl (C=O) groups excluding carboxylic acids is 1. The molecule has 44 heavy (non-hydrogen) atoms. The fraction of sp³-hybridized carbons (Fsp3) is 0.424. The van der Waals surface area contributed by atoms with Gasteiger partial charge in [0.2, 0.25) is 20.0 Å². The van der Waals surface area contributed by atoms with Crippen molar-refractivity contribution in [2.45, 2.75) is 74.4 Å². The molecule has 0 unspecified atom stereocenters. The van der Waals surface area contributed by atoms with Gasteiger partial charge in [0.25, 0.3) is 0 Å². The number of nitrogens with zero attached hydrogens (tertiary/aromatic N) is 2. The fourth-order valence-corrected chi connectivity index (χ4v) is 9.39.